The van der Waals surface area contributed by atoms with Crippen molar-refractivity contribution < 1.29 is 18.7 Å². The number of nitrogens with two attached hydrogens (primary N) is 1. The van der Waals surface area contributed by atoms with Crippen LogP contribution in [0.1, 0.15) is 6.42 Å². The molecule has 1 saturated heterocycles. The summed E-state index contributed by atoms with van der Waals surface area (Å²) in [5.41, 5.74) is 3.62. The number of primary amides is 1. The average molecular weight is 295 g/mol. The van der Waals surface area contributed by atoms with Crippen LogP contribution in [0.15, 0.2) is 24.3 Å². The van der Waals surface area contributed by atoms with Gasteiger partial charge < -0.3 is 15.8 Å². The molecule has 1 aliphatic rings. The zero-order valence-corrected chi connectivity index (χ0v) is 11.8. The smallest absolute Gasteiger partial charge is 0.256 e. The van der Waals surface area contributed by atoms with Crippen LogP contribution in [0, 0.1) is 0 Å². The van der Waals surface area contributed by atoms with Crippen molar-refractivity contribution in [3.8, 4) is 5.75 Å². The maximum atomic E-state index is 14.0. The van der Waals surface area contributed by atoms with Gasteiger partial charge in [0.2, 0.25) is 11.6 Å². The summed E-state index contributed by atoms with van der Waals surface area (Å²) < 4.78 is 19.0. The normalized spacial score (nSPS) is 22.0. The number of hydrogen-bond donors (Lipinski definition) is 2. The molecule has 1 aromatic rings. The summed E-state index contributed by atoms with van der Waals surface area (Å²) in [6.07, 6.45) is 0.0259. The lowest BCUT2D eigenvalue weighted by atomic mass is 10.1. The highest BCUT2D eigenvalue weighted by Gasteiger charge is 2.43. The Balaban J connectivity index is 1.86. The molecule has 0 radical (unpaired) electrons. The lowest BCUT2D eigenvalue weighted by Crippen LogP contribution is -2.43. The molecule has 1 aromatic carbocycles. The molecule has 1 fully saturated rings. The zero-order valence-electron chi connectivity index (χ0n) is 11.8. The molecular formula is C14H18FN3O3. The number of alkyl halides is 1. The Hall–Kier alpha value is -2.15. The van der Waals surface area contributed by atoms with Crippen LogP contribution in [0.25, 0.3) is 0 Å². The van der Waals surface area contributed by atoms with Gasteiger partial charge in [0, 0.05) is 25.2 Å². The molecule has 3 N–H and O–H groups in total. The highest BCUT2D eigenvalue weighted by Crippen LogP contribution is 2.25. The number of carbonyl (C=O) groups is 2. The maximum Gasteiger partial charge on any atom is 0.256 e. The van der Waals surface area contributed by atoms with Crippen LogP contribution in [0.4, 0.5) is 10.1 Å². The first-order chi connectivity index (χ1) is 9.93. The van der Waals surface area contributed by atoms with E-state index in [0.717, 1.165) is 0 Å². The standard InChI is InChI=1S/C14H18FN3O3/c1-21-11-4-2-10(3-5-11)17-12(19)8-18-7-6-14(15,9-18)13(16)20/h2-5H,6-9H2,1H3,(H2,16,20)(H,17,19). The SMILES string of the molecule is COc1ccc(NC(=O)CN2CCC(F)(C(N)=O)C2)cc1. The predicted molar refractivity (Wildman–Crippen MR) is 75.7 cm³/mol. The van der Waals surface area contributed by atoms with Crippen LogP contribution in [0.5, 0.6) is 5.75 Å². The van der Waals surface area contributed by atoms with E-state index >= 15 is 0 Å². The van der Waals surface area contributed by atoms with Gasteiger partial charge in [-0.25, -0.2) is 4.39 Å². The molecule has 0 spiro atoms. The monoisotopic (exact) mass is 295 g/mol. The Bertz CT molecular complexity index is 535. The number of benzene rings is 1. The molecule has 1 aliphatic heterocycles. The summed E-state index contributed by atoms with van der Waals surface area (Å²) in [5.74, 6) is -0.550. The molecule has 0 saturated carbocycles. The Kier molecular flexibility index (Phi) is 4.42. The molecule has 6 nitrogen and oxygen atoms in total. The molecule has 1 heterocycles. The van der Waals surface area contributed by atoms with Crippen LogP contribution < -0.4 is 15.8 Å². The summed E-state index contributed by atoms with van der Waals surface area (Å²) in [6, 6.07) is 6.88. The van der Waals surface area contributed by atoms with Crippen molar-refractivity contribution in [1.82, 2.24) is 4.90 Å². The summed E-state index contributed by atoms with van der Waals surface area (Å²) in [5, 5.41) is 2.70. The fourth-order valence-corrected chi connectivity index (χ4v) is 2.26. The lowest BCUT2D eigenvalue weighted by Gasteiger charge is -2.17. The Morgan fingerprint density at radius 3 is 2.62 bits per heavy atom. The first-order valence-electron chi connectivity index (χ1n) is 6.58. The summed E-state index contributed by atoms with van der Waals surface area (Å²) in [4.78, 5) is 24.5. The molecular weight excluding hydrogens is 277 g/mol. The van der Waals surface area contributed by atoms with E-state index in [9.17, 15) is 14.0 Å². The van der Waals surface area contributed by atoms with E-state index in [1.807, 2.05) is 0 Å². The van der Waals surface area contributed by atoms with Gasteiger partial charge in [0.25, 0.3) is 5.91 Å². The molecule has 21 heavy (non-hydrogen) atoms. The second kappa shape index (κ2) is 6.09. The van der Waals surface area contributed by atoms with Gasteiger partial charge in [0.05, 0.1) is 13.7 Å². The molecule has 2 rings (SSSR count). The van der Waals surface area contributed by atoms with Crippen LogP contribution in [0.2, 0.25) is 0 Å². The zero-order chi connectivity index (χ0) is 15.5. The van der Waals surface area contributed by atoms with E-state index in [2.05, 4.69) is 5.32 Å². The first kappa shape index (κ1) is 15.2. The molecule has 7 heteroatoms. The van der Waals surface area contributed by atoms with Gasteiger partial charge in [-0.3, -0.25) is 14.5 Å². The highest BCUT2D eigenvalue weighted by molar-refractivity contribution is 5.92. The Morgan fingerprint density at radius 1 is 1.43 bits per heavy atom. The van der Waals surface area contributed by atoms with Crippen LogP contribution in [-0.2, 0) is 9.59 Å². The molecule has 2 amide bonds. The van der Waals surface area contributed by atoms with Crippen LogP contribution >= 0.6 is 0 Å². The number of methoxy groups -OCH3 is 1. The summed E-state index contributed by atoms with van der Waals surface area (Å²) in [6.45, 7) is 0.207. The summed E-state index contributed by atoms with van der Waals surface area (Å²) in [7, 11) is 1.56. The Morgan fingerprint density at radius 2 is 2.10 bits per heavy atom. The number of anilines is 1. The molecule has 1 atom stereocenters. The molecule has 1 unspecified atom stereocenters. The average Bonchev–Trinajstić information content (AvgIpc) is 2.82. The van der Waals surface area contributed by atoms with Crippen molar-refractivity contribution in [3.63, 3.8) is 0 Å². The van der Waals surface area contributed by atoms with E-state index in [4.69, 9.17) is 10.5 Å². The topological polar surface area (TPSA) is 84.7 Å². The second-order valence-electron chi connectivity index (χ2n) is 5.07. The van der Waals surface area contributed by atoms with Crippen molar-refractivity contribution in [1.29, 1.82) is 0 Å². The highest BCUT2D eigenvalue weighted by atomic mass is 19.1. The van der Waals surface area contributed by atoms with Crippen molar-refractivity contribution in [3.05, 3.63) is 24.3 Å². The number of carbonyl (C=O) groups excluding carboxylic acids is 2. The van der Waals surface area contributed by atoms with E-state index in [-0.39, 0.29) is 25.4 Å². The van der Waals surface area contributed by atoms with E-state index in [1.165, 1.54) is 0 Å². The van der Waals surface area contributed by atoms with Crippen molar-refractivity contribution >= 4 is 17.5 Å². The summed E-state index contributed by atoms with van der Waals surface area (Å²) >= 11 is 0. The second-order valence-corrected chi connectivity index (χ2v) is 5.07. The number of hydrogen-bond acceptors (Lipinski definition) is 4. The van der Waals surface area contributed by atoms with Gasteiger partial charge in [-0.1, -0.05) is 0 Å². The number of halogens is 1. The quantitative estimate of drug-likeness (QED) is 0.830. The van der Waals surface area contributed by atoms with E-state index in [1.54, 1.807) is 36.3 Å². The van der Waals surface area contributed by atoms with Crippen molar-refractivity contribution in [2.24, 2.45) is 5.73 Å². The van der Waals surface area contributed by atoms with Crippen LogP contribution in [-0.4, -0.2) is 49.1 Å². The van der Waals surface area contributed by atoms with E-state index in [0.29, 0.717) is 18.0 Å². The fraction of sp³-hybridized carbons (Fsp3) is 0.429. The maximum absolute atomic E-state index is 14.0. The van der Waals surface area contributed by atoms with Gasteiger partial charge in [-0.2, -0.15) is 0 Å². The molecule has 114 valence electrons. The molecule has 0 aromatic heterocycles. The third kappa shape index (κ3) is 3.69. The van der Waals surface area contributed by atoms with Gasteiger partial charge >= 0.3 is 0 Å². The third-order valence-electron chi connectivity index (χ3n) is 3.48. The van der Waals surface area contributed by atoms with Crippen molar-refractivity contribution in [2.75, 3.05) is 32.1 Å². The first-order valence-corrected chi connectivity index (χ1v) is 6.58. The number of amides is 2. The number of likely N-dealkylation sites (tertiary alicyclic amines) is 1. The number of nitrogens with zero attached hydrogens (tertiary/aromatic N) is 1. The fourth-order valence-electron chi connectivity index (χ4n) is 2.26. The van der Waals surface area contributed by atoms with Crippen LogP contribution in [0.3, 0.4) is 0 Å². The number of rotatable bonds is 5. The number of nitrogens with one attached hydrogen (secondary N) is 1. The van der Waals surface area contributed by atoms with Crippen molar-refractivity contribution in [2.45, 2.75) is 12.1 Å². The number of ether oxygens (including phenoxy) is 1. The Labute approximate surface area is 122 Å². The van der Waals surface area contributed by atoms with Gasteiger partial charge in [-0.15, -0.1) is 0 Å². The van der Waals surface area contributed by atoms with Gasteiger partial charge in [-0.05, 0) is 24.3 Å². The minimum absolute atomic E-state index is 0.0188. The predicted octanol–water partition coefficient (Wildman–Crippen LogP) is 0.533. The third-order valence-corrected chi connectivity index (χ3v) is 3.48. The van der Waals surface area contributed by atoms with Gasteiger partial charge in [0.1, 0.15) is 5.75 Å². The minimum atomic E-state index is -2.03. The molecule has 0 bridgehead atoms. The minimum Gasteiger partial charge on any atom is -0.497 e. The largest absolute Gasteiger partial charge is 0.497 e. The lowest BCUT2D eigenvalue weighted by molar-refractivity contribution is -0.129. The molecule has 0 aliphatic carbocycles. The van der Waals surface area contributed by atoms with E-state index < -0.39 is 11.6 Å². The van der Waals surface area contributed by atoms with Gasteiger partial charge in [0.15, 0.2) is 0 Å².